The summed E-state index contributed by atoms with van der Waals surface area (Å²) in [7, 11) is -3.70. The van der Waals surface area contributed by atoms with E-state index in [4.69, 9.17) is 22.4 Å². The molecule has 5 aliphatic heterocycles. The molecule has 0 spiro atoms. The van der Waals surface area contributed by atoms with Gasteiger partial charge in [-0.1, -0.05) is 51.1 Å². The summed E-state index contributed by atoms with van der Waals surface area (Å²) >= 11 is 0. The number of benzene rings is 3. The van der Waals surface area contributed by atoms with Gasteiger partial charge in [0, 0.05) is 35.4 Å². The zero-order valence-corrected chi connectivity index (χ0v) is 35.2. The normalized spacial score (nSPS) is 25.0. The van der Waals surface area contributed by atoms with Gasteiger partial charge in [-0.25, -0.2) is 18.0 Å². The molecule has 0 aliphatic carbocycles. The van der Waals surface area contributed by atoms with Crippen LogP contribution in [0.15, 0.2) is 71.9 Å². The zero-order valence-electron chi connectivity index (χ0n) is 32.2. The Labute approximate surface area is 350 Å². The second-order valence-electron chi connectivity index (χ2n) is 15.8. The van der Waals surface area contributed by atoms with Crippen LogP contribution < -0.4 is 28.7 Å². The molecule has 4 saturated heterocycles. The Kier molecular flexibility index (Phi) is 13.0. The van der Waals surface area contributed by atoms with Crippen molar-refractivity contribution in [1.82, 2.24) is 4.90 Å². The van der Waals surface area contributed by atoms with Crippen LogP contribution in [0.5, 0.6) is 5.75 Å². The highest BCUT2D eigenvalue weighted by molar-refractivity contribution is 7.86. The number of nitro benzene ring substituents is 1. The van der Waals surface area contributed by atoms with Crippen molar-refractivity contribution in [1.29, 1.82) is 0 Å². The fourth-order valence-electron chi connectivity index (χ4n) is 8.49. The van der Waals surface area contributed by atoms with E-state index in [1.54, 1.807) is 0 Å². The highest BCUT2D eigenvalue weighted by Gasteiger charge is 2.59. The van der Waals surface area contributed by atoms with Crippen LogP contribution in [-0.4, -0.2) is 121 Å². The van der Waals surface area contributed by atoms with E-state index in [2.05, 4.69) is 31.3 Å². The second-order valence-corrected chi connectivity index (χ2v) is 17.2. The van der Waals surface area contributed by atoms with E-state index in [-0.39, 0.29) is 77.2 Å². The minimum absolute atomic E-state index is 0. The minimum atomic E-state index is -6.09. The van der Waals surface area contributed by atoms with Crippen LogP contribution in [-0.2, 0) is 30.9 Å². The molecule has 3 aromatic carbocycles. The Morgan fingerprint density at radius 2 is 1.52 bits per heavy atom. The molecule has 0 radical (unpaired) electrons. The number of β-lactam (4-membered cyclic amide) rings is 1. The summed E-state index contributed by atoms with van der Waals surface area (Å²) in [6.45, 7) is 14.6. The molecule has 14 nitrogen and oxygen atoms in total. The lowest BCUT2D eigenvalue weighted by Gasteiger charge is -2.54. The number of carbonyl (C=O) groups excluding carboxylic acids is 3. The summed E-state index contributed by atoms with van der Waals surface area (Å²) in [5, 5.41) is 13.2. The van der Waals surface area contributed by atoms with Gasteiger partial charge in [-0.3, -0.25) is 14.9 Å². The molecule has 0 unspecified atom stereocenters. The molecule has 2 bridgehead atoms. The van der Waals surface area contributed by atoms with Gasteiger partial charge in [0.2, 0.25) is 5.91 Å². The first kappa shape index (κ1) is 44.9. The number of esters is 2. The van der Waals surface area contributed by atoms with Crippen molar-refractivity contribution in [3.05, 3.63) is 93.2 Å². The average molecular weight is 945 g/mol. The fraction of sp³-hybridized carbons (Fsp3) is 0.462. The first-order chi connectivity index (χ1) is 26.7. The number of alkyl halides is 3. The van der Waals surface area contributed by atoms with Crippen LogP contribution in [0.2, 0.25) is 0 Å². The van der Waals surface area contributed by atoms with Crippen molar-refractivity contribution in [3.63, 3.8) is 0 Å². The highest BCUT2D eigenvalue weighted by Crippen LogP contribution is 2.49. The third-order valence-corrected chi connectivity index (χ3v) is 12.6. The summed E-state index contributed by atoms with van der Waals surface area (Å²) in [4.78, 5) is 51.9. The largest absolute Gasteiger partial charge is 1.00 e. The first-order valence-corrected chi connectivity index (χ1v) is 20.0. The number of rotatable bonds is 10. The molecule has 3 aromatic rings. The van der Waals surface area contributed by atoms with Crippen LogP contribution in [0.1, 0.15) is 36.7 Å². The number of hydrogen-bond acceptors (Lipinski definition) is 10. The third-order valence-electron chi connectivity index (χ3n) is 12.0. The van der Waals surface area contributed by atoms with Gasteiger partial charge < -0.3 is 51.9 Å². The maximum Gasteiger partial charge on any atom is 0.485 e. The number of piperazine rings is 3. The Balaban J connectivity index is 0.000000646. The number of hydrogen-bond donors (Lipinski definition) is 0. The van der Waals surface area contributed by atoms with Crippen molar-refractivity contribution < 1.29 is 87.9 Å². The number of carbonyl (C=O) groups is 3. The summed E-state index contributed by atoms with van der Waals surface area (Å²) in [5.41, 5.74) is -3.90. The smallest absolute Gasteiger partial charge is 0.485 e. The van der Waals surface area contributed by atoms with Crippen molar-refractivity contribution in [2.75, 3.05) is 59.5 Å². The Morgan fingerprint density at radius 3 is 2.07 bits per heavy atom. The van der Waals surface area contributed by atoms with Crippen molar-refractivity contribution in [2.24, 2.45) is 17.8 Å². The standard InChI is InChI=1S/C38H44N4O7.CHF3O3S.HI/c1-24(2)33-34-25(3)31(35(39(34)36(33)43)38(45)49-37(44)27-11-13-28(14-12-27)40(46)47)23-48-32-10-6-8-29-26(7-5-9-30(29)32)15-16-42-20-17-41(4,18-21-42)19-22-42;2-1(3,4)8(5,6)7;/h5-14,24-25,33-34H,15-23H2,1-4H3;(H,5,6,7);1H/q+2;;/p-2/t25-,33+,34+,41?,42?;;/m0../s1. The molecule has 5 heterocycles. The minimum Gasteiger partial charge on any atom is -1.00 e. The molecule has 58 heavy (non-hydrogen) atoms. The lowest BCUT2D eigenvalue weighted by atomic mass is 9.74. The van der Waals surface area contributed by atoms with Crippen molar-refractivity contribution >= 4 is 44.4 Å². The van der Waals surface area contributed by atoms with Gasteiger partial charge in [0.05, 0.1) is 36.0 Å². The van der Waals surface area contributed by atoms with Crippen LogP contribution >= 0.6 is 0 Å². The number of halogens is 4. The van der Waals surface area contributed by atoms with Crippen LogP contribution in [0.25, 0.3) is 10.8 Å². The summed E-state index contributed by atoms with van der Waals surface area (Å²) in [6, 6.07) is 17.0. The van der Waals surface area contributed by atoms with E-state index in [9.17, 15) is 37.7 Å². The van der Waals surface area contributed by atoms with E-state index in [0.717, 1.165) is 23.7 Å². The average Bonchev–Trinajstić information content (AvgIpc) is 3.40. The number of nitrogens with zero attached hydrogens (tertiary/aromatic N) is 4. The maximum absolute atomic E-state index is 13.7. The quantitative estimate of drug-likeness (QED) is 0.0336. The van der Waals surface area contributed by atoms with E-state index < -0.39 is 32.5 Å². The van der Waals surface area contributed by atoms with Gasteiger partial charge >= 0.3 is 17.4 Å². The van der Waals surface area contributed by atoms with Crippen LogP contribution in [0, 0.1) is 27.9 Å². The summed E-state index contributed by atoms with van der Waals surface area (Å²) in [6.07, 6.45) is 0.987. The summed E-state index contributed by atoms with van der Waals surface area (Å²) < 4.78 is 73.1. The molecule has 0 N–H and O–H groups in total. The van der Waals surface area contributed by atoms with Gasteiger partial charge in [0.1, 0.15) is 57.3 Å². The number of amides is 1. The predicted octanol–water partition coefficient (Wildman–Crippen LogP) is 1.79. The molecule has 0 saturated carbocycles. The summed E-state index contributed by atoms with van der Waals surface area (Å²) in [5.74, 6) is -1.78. The highest BCUT2D eigenvalue weighted by atomic mass is 127. The number of quaternary nitrogens is 2. The lowest BCUT2D eigenvalue weighted by molar-refractivity contribution is -1.07. The van der Waals surface area contributed by atoms with Gasteiger partial charge in [0.25, 0.3) is 5.69 Å². The van der Waals surface area contributed by atoms with E-state index in [0.29, 0.717) is 11.3 Å². The monoisotopic (exact) mass is 944 g/mol. The van der Waals surface area contributed by atoms with E-state index in [1.165, 1.54) is 83.0 Å². The topological polar surface area (TPSA) is 173 Å². The van der Waals surface area contributed by atoms with Crippen molar-refractivity contribution in [2.45, 2.75) is 38.7 Å². The van der Waals surface area contributed by atoms with E-state index in [1.807, 2.05) is 32.9 Å². The fourth-order valence-corrected chi connectivity index (χ4v) is 8.49. The second kappa shape index (κ2) is 16.8. The SMILES string of the molecule is CC(C)[C@H]1C(=O)N2C(C(=O)OC(=O)c3ccc([N+](=O)[O-])cc3)=C(COc3cccc4c(CC[N+]56CC[N+](C)(CC5)CC6)cccc34)[C@H](C)[C@H]12.O=S(=O)([O-])C(F)(F)F.[I-]. The maximum atomic E-state index is 13.7. The Morgan fingerprint density at radius 1 is 0.948 bits per heavy atom. The van der Waals surface area contributed by atoms with Crippen LogP contribution in [0.3, 0.4) is 0 Å². The Bertz CT molecular complexity index is 2230. The molecule has 3 atom stereocenters. The van der Waals surface area contributed by atoms with Gasteiger partial charge in [0.15, 0.2) is 10.1 Å². The number of ether oxygens (including phenoxy) is 2. The predicted molar refractivity (Wildman–Crippen MR) is 198 cm³/mol. The molecule has 0 aromatic heterocycles. The molecular formula is C39H44F3IN4O10S. The zero-order chi connectivity index (χ0) is 41.7. The van der Waals surface area contributed by atoms with Gasteiger partial charge in [-0.15, -0.1) is 0 Å². The molecular weight excluding hydrogens is 900 g/mol. The number of nitro groups is 1. The lowest BCUT2D eigenvalue weighted by Crippen LogP contribution is -3.00. The molecule has 19 heteroatoms. The van der Waals surface area contributed by atoms with Gasteiger partial charge in [-0.2, -0.15) is 13.2 Å². The van der Waals surface area contributed by atoms with Crippen LogP contribution in [0.4, 0.5) is 18.9 Å². The molecule has 5 aliphatic rings. The molecule has 314 valence electrons. The number of likely N-dealkylation sites (N-methyl/N-ethyl adjacent to an activating group) is 1. The molecule has 8 rings (SSSR count). The van der Waals surface area contributed by atoms with Crippen molar-refractivity contribution in [3.8, 4) is 5.75 Å². The Hall–Kier alpha value is -4.18. The van der Waals surface area contributed by atoms with Gasteiger partial charge in [-0.05, 0) is 35.1 Å². The van der Waals surface area contributed by atoms with E-state index >= 15 is 0 Å². The third kappa shape index (κ3) is 8.87. The first-order valence-electron chi connectivity index (χ1n) is 18.6. The molecule has 1 amide bonds. The number of fused-ring (bicyclic) bond motifs is 5. The molecule has 4 fully saturated rings. The number of non-ortho nitro benzene ring substituents is 1.